The molecular formula is C39H60N2Ni. The number of allylic oxidation sites excluding steroid dienone is 2. The average molecular weight is 616 g/mol. The molecule has 236 valence electrons. The second-order valence-corrected chi connectivity index (χ2v) is 12.9. The van der Waals surface area contributed by atoms with Crippen LogP contribution in [0.4, 0.5) is 0 Å². The summed E-state index contributed by atoms with van der Waals surface area (Å²) in [4.78, 5) is 0. The van der Waals surface area contributed by atoms with E-state index in [9.17, 15) is 5.53 Å². The van der Waals surface area contributed by atoms with Crippen LogP contribution >= 0.6 is 0 Å². The van der Waals surface area contributed by atoms with E-state index in [2.05, 4.69) is 88.0 Å². The van der Waals surface area contributed by atoms with Gasteiger partial charge in [-0.15, -0.1) is 0 Å². The van der Waals surface area contributed by atoms with E-state index in [4.69, 9.17) is 0 Å². The first kappa shape index (κ1) is 36.2. The Hall–Kier alpha value is -1.99. The summed E-state index contributed by atoms with van der Waals surface area (Å²) in [6.07, 6.45) is 20.3. The number of benzene rings is 2. The normalized spacial score (nSPS) is 13.2. The predicted octanol–water partition coefficient (Wildman–Crippen LogP) is 13.0. The average Bonchev–Trinajstić information content (AvgIpc) is 3.27. The molecule has 1 heterocycles. The number of rotatable bonds is 19. The van der Waals surface area contributed by atoms with Crippen molar-refractivity contribution in [2.75, 3.05) is 0 Å². The summed E-state index contributed by atoms with van der Waals surface area (Å²) in [5.41, 5.74) is 21.9. The molecule has 0 atom stereocenters. The first-order valence-corrected chi connectivity index (χ1v) is 18.9. The molecule has 0 radical (unpaired) electrons. The van der Waals surface area contributed by atoms with E-state index in [1.54, 1.807) is 19.1 Å². The number of aryl methyl sites for hydroxylation is 2. The van der Waals surface area contributed by atoms with Crippen LogP contribution in [0.2, 0.25) is 11.8 Å². The molecule has 3 heteroatoms. The van der Waals surface area contributed by atoms with Crippen molar-refractivity contribution in [2.24, 2.45) is 0 Å². The monoisotopic (exact) mass is 614 g/mol. The molecule has 0 aromatic heterocycles. The van der Waals surface area contributed by atoms with Crippen LogP contribution in [0.25, 0.3) is 16.9 Å². The van der Waals surface area contributed by atoms with Crippen molar-refractivity contribution < 1.29 is 19.1 Å². The van der Waals surface area contributed by atoms with Crippen LogP contribution in [0, 0.1) is 0 Å². The Balaban J connectivity index is 0.00000197. The molecule has 0 saturated heterocycles. The Kier molecular flexibility index (Phi) is 18.7. The topological polar surface area (TPSA) is 25.3 Å². The summed E-state index contributed by atoms with van der Waals surface area (Å²) >= 11 is 1.62. The van der Waals surface area contributed by atoms with Gasteiger partial charge in [0, 0.05) is 22.3 Å². The van der Waals surface area contributed by atoms with Gasteiger partial charge in [-0.05, 0) is 86.8 Å². The van der Waals surface area contributed by atoms with Gasteiger partial charge in [-0.1, -0.05) is 110 Å². The fourth-order valence-electron chi connectivity index (χ4n) is 5.97. The Labute approximate surface area is 265 Å². The summed E-state index contributed by atoms with van der Waals surface area (Å²) < 4.78 is 1.58. The number of hydrogen-bond acceptors (Lipinski definition) is 0. The van der Waals surface area contributed by atoms with E-state index in [0.717, 1.165) is 42.6 Å². The van der Waals surface area contributed by atoms with Crippen LogP contribution in [0.3, 0.4) is 0 Å². The molecule has 0 spiro atoms. The minimum atomic E-state index is 1.03. The Morgan fingerprint density at radius 3 is 1.29 bits per heavy atom. The number of nitrogens with zero attached hydrogens (tertiary/aromatic N) is 2. The Bertz CT molecular complexity index is 1130. The van der Waals surface area contributed by atoms with Gasteiger partial charge in [0.05, 0.1) is 0 Å². The van der Waals surface area contributed by atoms with Crippen molar-refractivity contribution >= 4 is 11.4 Å². The molecular weight excluding hydrogens is 555 g/mol. The molecule has 0 amide bonds. The molecule has 0 aliphatic carbocycles. The molecule has 0 bridgehead atoms. The zero-order chi connectivity index (χ0) is 30.6. The maximum atomic E-state index is 12.0. The molecule has 2 aromatic carbocycles. The first-order chi connectivity index (χ1) is 20.6. The van der Waals surface area contributed by atoms with Gasteiger partial charge in [-0.2, -0.15) is 0 Å². The molecule has 0 saturated carbocycles. The molecule has 2 aromatic rings. The summed E-state index contributed by atoms with van der Waals surface area (Å²) in [6, 6.07) is 18.0. The van der Waals surface area contributed by atoms with Crippen LogP contribution in [0.15, 0.2) is 59.7 Å². The van der Waals surface area contributed by atoms with E-state index in [1.165, 1.54) is 111 Å². The van der Waals surface area contributed by atoms with Crippen molar-refractivity contribution in [1.29, 1.82) is 0 Å². The van der Waals surface area contributed by atoms with Gasteiger partial charge in [-0.25, -0.2) is 4.70 Å². The molecule has 2 nitrogen and oxygen atoms in total. The fourth-order valence-corrected chi connectivity index (χ4v) is 5.97. The van der Waals surface area contributed by atoms with Crippen LogP contribution in [0.5, 0.6) is 0 Å². The van der Waals surface area contributed by atoms with Crippen molar-refractivity contribution in [3.63, 3.8) is 0 Å². The molecule has 0 fully saturated rings. The van der Waals surface area contributed by atoms with Gasteiger partial charge in [0.1, 0.15) is 0 Å². The number of unbranched alkanes of at least 4 members (excludes halogenated alkanes) is 9. The molecule has 3 rings (SSSR count). The standard InChI is InChI=1S/C37H54N2.2CH3.Ni/c1-5-9-13-17-27-35-34(26-16-12-8-4)36(32-24-18-22-30(28-32)20-14-10-6-2)39(38)37(35)33-25-19-23-31(29-33)21-15-11-7-3;;;/h18-19,22-25,28-29H,5-17,20-21,26-27H2,1-4H3;2*1H3;. The predicted molar refractivity (Wildman–Crippen MR) is 181 cm³/mol. The summed E-state index contributed by atoms with van der Waals surface area (Å²) in [5, 5.41) is 0. The molecule has 1 aliphatic rings. The third-order valence-corrected chi connectivity index (χ3v) is 8.21. The summed E-state index contributed by atoms with van der Waals surface area (Å²) in [6.45, 7) is 9.08. The zero-order valence-corrected chi connectivity index (χ0v) is 28.8. The van der Waals surface area contributed by atoms with Crippen LogP contribution in [-0.4, -0.2) is 4.70 Å². The van der Waals surface area contributed by atoms with E-state index in [-0.39, 0.29) is 0 Å². The zero-order valence-electron chi connectivity index (χ0n) is 27.9. The van der Waals surface area contributed by atoms with Crippen molar-refractivity contribution in [1.82, 2.24) is 0 Å². The van der Waals surface area contributed by atoms with Gasteiger partial charge in [-0.3, -0.25) is 0 Å². The second kappa shape index (κ2) is 21.7. The van der Waals surface area contributed by atoms with Crippen LogP contribution < -0.4 is 0 Å². The van der Waals surface area contributed by atoms with E-state index >= 15 is 0 Å². The van der Waals surface area contributed by atoms with Gasteiger partial charge in [0.15, 0.2) is 0 Å². The first-order valence-electron chi connectivity index (χ1n) is 16.9. The maximum absolute atomic E-state index is 12.0. The van der Waals surface area contributed by atoms with E-state index in [1.807, 2.05) is 0 Å². The third kappa shape index (κ3) is 11.6. The van der Waals surface area contributed by atoms with E-state index < -0.39 is 0 Å². The minimum absolute atomic E-state index is 1.03. The Morgan fingerprint density at radius 2 is 0.881 bits per heavy atom. The quantitative estimate of drug-likeness (QED) is 0.0854. The van der Waals surface area contributed by atoms with Gasteiger partial charge >= 0.3 is 26.2 Å². The molecule has 0 N–H and O–H groups in total. The third-order valence-electron chi connectivity index (χ3n) is 8.21. The molecule has 1 aliphatic heterocycles. The summed E-state index contributed by atoms with van der Waals surface area (Å²) in [7, 11) is 0. The number of hydrogen-bond donors (Lipinski definition) is 0. The van der Waals surface area contributed by atoms with Gasteiger partial charge < -0.3 is 5.53 Å². The van der Waals surface area contributed by atoms with Crippen molar-refractivity contribution in [2.45, 2.75) is 149 Å². The van der Waals surface area contributed by atoms with Crippen LogP contribution in [0.1, 0.15) is 146 Å². The van der Waals surface area contributed by atoms with Gasteiger partial charge in [0.25, 0.3) is 0 Å². The Morgan fingerprint density at radius 1 is 0.524 bits per heavy atom. The fraction of sp³-hybridized carbons (Fsp3) is 0.590. The second-order valence-electron chi connectivity index (χ2n) is 11.9. The van der Waals surface area contributed by atoms with Crippen molar-refractivity contribution in [3.05, 3.63) is 87.5 Å². The van der Waals surface area contributed by atoms with E-state index in [0.29, 0.717) is 0 Å². The van der Waals surface area contributed by atoms with Crippen molar-refractivity contribution in [3.8, 4) is 0 Å². The van der Waals surface area contributed by atoms with Gasteiger partial charge in [0.2, 0.25) is 11.4 Å². The molecule has 42 heavy (non-hydrogen) atoms. The van der Waals surface area contributed by atoms with Crippen LogP contribution in [-0.2, 0) is 27.3 Å². The summed E-state index contributed by atoms with van der Waals surface area (Å²) in [5.74, 6) is 4.12. The SMILES string of the molecule is CCCCCCC1=C(c2cccc(CCCCC)c2)[N+](=[N-])C(c2cccc(CCCCC)c2)=C1CCCCC.[CH3][Ni][CH3]. The molecule has 0 unspecified atom stereocenters.